The Bertz CT molecular complexity index is 1080. The number of rotatable bonds is 7. The van der Waals surface area contributed by atoms with Crippen molar-refractivity contribution in [1.29, 1.82) is 0 Å². The van der Waals surface area contributed by atoms with Gasteiger partial charge in [0.1, 0.15) is 11.4 Å². The van der Waals surface area contributed by atoms with Gasteiger partial charge in [0.05, 0.1) is 12.6 Å². The number of hydrogen-bond acceptors (Lipinski definition) is 6. The second-order valence-corrected chi connectivity index (χ2v) is 11.5. The van der Waals surface area contributed by atoms with E-state index in [1.54, 1.807) is 30.2 Å². The Hall–Kier alpha value is -3.19. The first-order chi connectivity index (χ1) is 17.4. The van der Waals surface area contributed by atoms with Crippen LogP contribution in [0.1, 0.15) is 71.6 Å². The molecule has 0 unspecified atom stereocenters. The van der Waals surface area contributed by atoms with Gasteiger partial charge in [-0.25, -0.2) is 14.6 Å². The molecule has 0 N–H and O–H groups in total. The van der Waals surface area contributed by atoms with Gasteiger partial charge in [-0.2, -0.15) is 0 Å². The van der Waals surface area contributed by atoms with Crippen molar-refractivity contribution in [1.82, 2.24) is 9.88 Å². The van der Waals surface area contributed by atoms with Crippen molar-refractivity contribution >= 4 is 24.0 Å². The van der Waals surface area contributed by atoms with Gasteiger partial charge in [-0.1, -0.05) is 45.0 Å². The lowest BCUT2D eigenvalue weighted by atomic mass is 9.87. The third kappa shape index (κ3) is 8.42. The topological polar surface area (TPSA) is 72.0 Å². The molecule has 0 bridgehead atoms. The number of anilines is 1. The zero-order chi connectivity index (χ0) is 27.2. The number of aromatic nitrogens is 1. The highest BCUT2D eigenvalue weighted by Crippen LogP contribution is 2.27. The molecule has 37 heavy (non-hydrogen) atoms. The van der Waals surface area contributed by atoms with E-state index in [0.29, 0.717) is 12.4 Å². The van der Waals surface area contributed by atoms with Crippen LogP contribution >= 0.6 is 0 Å². The minimum absolute atomic E-state index is 0.0582. The summed E-state index contributed by atoms with van der Waals surface area (Å²) in [5.74, 6) is 0.130. The highest BCUT2D eigenvalue weighted by Gasteiger charge is 2.35. The Labute approximate surface area is 221 Å². The Kier molecular flexibility index (Phi) is 9.13. The van der Waals surface area contributed by atoms with Crippen LogP contribution in [0.2, 0.25) is 0 Å². The van der Waals surface area contributed by atoms with Crippen molar-refractivity contribution in [3.63, 3.8) is 0 Å². The van der Waals surface area contributed by atoms with Crippen LogP contribution in [-0.2, 0) is 26.2 Å². The fourth-order valence-electron chi connectivity index (χ4n) is 4.27. The molecule has 7 heteroatoms. The smallest absolute Gasteiger partial charge is 0.416 e. The summed E-state index contributed by atoms with van der Waals surface area (Å²) >= 11 is 0. The lowest BCUT2D eigenvalue weighted by molar-refractivity contribution is -0.137. The number of esters is 1. The third-order valence-corrected chi connectivity index (χ3v) is 6.15. The molecule has 1 amide bonds. The Morgan fingerprint density at radius 3 is 2.35 bits per heavy atom. The zero-order valence-corrected chi connectivity index (χ0v) is 23.3. The first-order valence-electron chi connectivity index (χ1n) is 13.0. The normalized spacial score (nSPS) is 16.7. The zero-order valence-electron chi connectivity index (χ0n) is 23.3. The van der Waals surface area contributed by atoms with Crippen LogP contribution < -0.4 is 4.90 Å². The predicted molar refractivity (Wildman–Crippen MR) is 147 cm³/mol. The van der Waals surface area contributed by atoms with E-state index in [-0.39, 0.29) is 11.5 Å². The Balaban J connectivity index is 1.74. The first-order valence-corrected chi connectivity index (χ1v) is 13.0. The molecule has 2 aromatic rings. The van der Waals surface area contributed by atoms with Gasteiger partial charge in [0, 0.05) is 31.9 Å². The van der Waals surface area contributed by atoms with E-state index in [1.807, 2.05) is 26.8 Å². The van der Waals surface area contributed by atoms with Gasteiger partial charge in [-0.3, -0.25) is 9.80 Å². The fraction of sp³-hybridized carbons (Fsp3) is 0.500. The number of ether oxygens (including phenoxy) is 2. The van der Waals surface area contributed by atoms with E-state index in [9.17, 15) is 9.59 Å². The van der Waals surface area contributed by atoms with Crippen molar-refractivity contribution in [2.45, 2.75) is 78.5 Å². The molecule has 1 aromatic carbocycles. The minimum atomic E-state index is -0.620. The largest absolute Gasteiger partial charge is 0.463 e. The molecule has 1 aliphatic heterocycles. The molecule has 1 saturated heterocycles. The van der Waals surface area contributed by atoms with Gasteiger partial charge in [0.2, 0.25) is 0 Å². The van der Waals surface area contributed by atoms with Crippen molar-refractivity contribution in [3.8, 4) is 0 Å². The van der Waals surface area contributed by atoms with Crippen molar-refractivity contribution in [2.24, 2.45) is 0 Å². The van der Waals surface area contributed by atoms with E-state index in [2.05, 4.69) is 54.9 Å². The highest BCUT2D eigenvalue weighted by molar-refractivity contribution is 5.88. The monoisotopic (exact) mass is 507 g/mol. The average molecular weight is 508 g/mol. The van der Waals surface area contributed by atoms with E-state index < -0.39 is 17.7 Å². The number of hydrogen-bond donors (Lipinski definition) is 0. The molecule has 0 radical (unpaired) electrons. The summed E-state index contributed by atoms with van der Waals surface area (Å²) in [5.41, 5.74) is 2.83. The molecular formula is C30H41N3O4. The van der Waals surface area contributed by atoms with E-state index in [1.165, 1.54) is 17.2 Å². The summed E-state index contributed by atoms with van der Waals surface area (Å²) in [6.45, 7) is 16.8. The minimum Gasteiger partial charge on any atom is -0.463 e. The number of nitrogens with zero attached hydrogens (tertiary/aromatic N) is 3. The van der Waals surface area contributed by atoms with Crippen molar-refractivity contribution in [2.75, 3.05) is 24.6 Å². The van der Waals surface area contributed by atoms with Crippen LogP contribution in [0.25, 0.3) is 6.08 Å². The maximum atomic E-state index is 13.3. The Morgan fingerprint density at radius 2 is 1.78 bits per heavy atom. The van der Waals surface area contributed by atoms with Crippen LogP contribution in [0, 0.1) is 0 Å². The van der Waals surface area contributed by atoms with Crippen LogP contribution in [0.5, 0.6) is 0 Å². The second kappa shape index (κ2) is 11.9. The maximum Gasteiger partial charge on any atom is 0.416 e. The number of benzene rings is 1. The summed E-state index contributed by atoms with van der Waals surface area (Å²) < 4.78 is 10.7. The molecule has 200 valence electrons. The quantitative estimate of drug-likeness (QED) is 0.340. The average Bonchev–Trinajstić information content (AvgIpc) is 3.25. The lowest BCUT2D eigenvalue weighted by Gasteiger charge is -2.31. The molecule has 1 atom stereocenters. The molecule has 0 spiro atoms. The SMILES string of the molecule is CCOC(=O)C=Cc1ccc(N(C(=O)OC(C)(C)C)[C@@H]2CCN(Cc3ccc(C(C)(C)C)cc3)C2)nc1. The number of likely N-dealkylation sites (tertiary alicyclic amines) is 1. The molecule has 2 heterocycles. The molecule has 7 nitrogen and oxygen atoms in total. The molecule has 1 aliphatic rings. The van der Waals surface area contributed by atoms with Crippen LogP contribution in [-0.4, -0.2) is 53.3 Å². The predicted octanol–water partition coefficient (Wildman–Crippen LogP) is 5.97. The fourth-order valence-corrected chi connectivity index (χ4v) is 4.27. The summed E-state index contributed by atoms with van der Waals surface area (Å²) in [6.07, 6.45) is 5.08. The third-order valence-electron chi connectivity index (χ3n) is 6.15. The number of carbonyl (C=O) groups is 2. The van der Waals surface area contributed by atoms with Crippen molar-refractivity contribution in [3.05, 3.63) is 65.4 Å². The first kappa shape index (κ1) is 28.4. The van der Waals surface area contributed by atoms with Gasteiger partial charge in [0.15, 0.2) is 0 Å². The molecular weight excluding hydrogens is 466 g/mol. The summed E-state index contributed by atoms with van der Waals surface area (Å²) in [4.78, 5) is 33.5. The standard InChI is InChI=1S/C30H41N3O4/c1-8-36-27(34)16-12-22-11-15-26(31-19-22)33(28(35)37-30(5,6)7)25-17-18-32(21-25)20-23-9-13-24(14-10-23)29(2,3)4/h9-16,19,25H,8,17-18,20-21H2,1-7H3/t25-/m1/s1. The molecule has 1 fully saturated rings. The van der Waals surface area contributed by atoms with Crippen LogP contribution in [0.15, 0.2) is 48.7 Å². The summed E-state index contributed by atoms with van der Waals surface area (Å²) in [5, 5.41) is 0. The van der Waals surface area contributed by atoms with Gasteiger partial charge in [-0.05, 0) is 74.4 Å². The number of pyridine rings is 1. The van der Waals surface area contributed by atoms with Gasteiger partial charge >= 0.3 is 12.1 Å². The van der Waals surface area contributed by atoms with Crippen LogP contribution in [0.4, 0.5) is 10.6 Å². The second-order valence-electron chi connectivity index (χ2n) is 11.5. The Morgan fingerprint density at radius 1 is 1.08 bits per heavy atom. The molecule has 0 saturated carbocycles. The number of carbonyl (C=O) groups excluding carboxylic acids is 2. The van der Waals surface area contributed by atoms with Gasteiger partial charge < -0.3 is 9.47 Å². The van der Waals surface area contributed by atoms with E-state index >= 15 is 0 Å². The molecule has 0 aliphatic carbocycles. The highest BCUT2D eigenvalue weighted by atomic mass is 16.6. The summed E-state index contributed by atoms with van der Waals surface area (Å²) in [7, 11) is 0. The van der Waals surface area contributed by atoms with Gasteiger partial charge in [0.25, 0.3) is 0 Å². The maximum absolute atomic E-state index is 13.3. The van der Waals surface area contributed by atoms with E-state index in [0.717, 1.165) is 31.6 Å². The number of amides is 1. The molecule has 3 rings (SSSR count). The van der Waals surface area contributed by atoms with Crippen molar-refractivity contribution < 1.29 is 19.1 Å². The van der Waals surface area contributed by atoms with E-state index in [4.69, 9.17) is 9.47 Å². The molecule has 1 aromatic heterocycles. The van der Waals surface area contributed by atoms with Crippen LogP contribution in [0.3, 0.4) is 0 Å². The lowest BCUT2D eigenvalue weighted by Crippen LogP contribution is -2.45. The summed E-state index contributed by atoms with van der Waals surface area (Å²) in [6, 6.07) is 12.4. The van der Waals surface area contributed by atoms with Gasteiger partial charge in [-0.15, -0.1) is 0 Å².